The van der Waals surface area contributed by atoms with Gasteiger partial charge >= 0.3 is 0 Å². The van der Waals surface area contributed by atoms with E-state index in [0.29, 0.717) is 17.5 Å². The normalized spacial score (nSPS) is 15.4. The Hall–Kier alpha value is -2.54. The molecule has 2 aromatic heterocycles. The van der Waals surface area contributed by atoms with Crippen LogP contribution in [0.1, 0.15) is 22.6 Å². The van der Waals surface area contributed by atoms with Crippen LogP contribution in [0.3, 0.4) is 0 Å². The minimum Gasteiger partial charge on any atom is -0.350 e. The number of benzene rings is 1. The number of aromatic nitrogens is 3. The predicted octanol–water partition coefficient (Wildman–Crippen LogP) is 2.73. The Labute approximate surface area is 149 Å². The zero-order valence-corrected chi connectivity index (χ0v) is 14.6. The van der Waals surface area contributed by atoms with Crippen molar-refractivity contribution in [3.63, 3.8) is 0 Å². The van der Waals surface area contributed by atoms with E-state index in [-0.39, 0.29) is 5.91 Å². The number of piperidine rings is 1. The summed E-state index contributed by atoms with van der Waals surface area (Å²) in [5, 5.41) is 3.58. The summed E-state index contributed by atoms with van der Waals surface area (Å²) in [5.74, 6) is 1.20. The van der Waals surface area contributed by atoms with Gasteiger partial charge < -0.3 is 10.2 Å². The van der Waals surface area contributed by atoms with Crippen LogP contribution in [0.15, 0.2) is 42.7 Å². The fraction of sp³-hybridized carbons (Fsp3) is 0.333. The maximum atomic E-state index is 12.3. The van der Waals surface area contributed by atoms with E-state index in [1.807, 2.05) is 30.3 Å². The van der Waals surface area contributed by atoms with Crippen molar-refractivity contribution in [2.75, 3.05) is 24.5 Å². The van der Waals surface area contributed by atoms with Crippen LogP contribution in [-0.2, 0) is 0 Å². The van der Waals surface area contributed by atoms with Crippen LogP contribution in [0.25, 0.3) is 10.2 Å². The summed E-state index contributed by atoms with van der Waals surface area (Å²) in [5.41, 5.74) is 0.883. The van der Waals surface area contributed by atoms with Gasteiger partial charge in [0.2, 0.25) is 5.95 Å². The molecular formula is C18H19N5OS. The molecule has 0 atom stereocenters. The Kier molecular flexibility index (Phi) is 4.56. The molecule has 1 fully saturated rings. The van der Waals surface area contributed by atoms with Gasteiger partial charge in [-0.25, -0.2) is 15.0 Å². The predicted molar refractivity (Wildman–Crippen MR) is 98.9 cm³/mol. The molecule has 6 nitrogen and oxygen atoms in total. The molecule has 1 N–H and O–H groups in total. The van der Waals surface area contributed by atoms with Crippen LogP contribution in [-0.4, -0.2) is 40.5 Å². The van der Waals surface area contributed by atoms with Crippen molar-refractivity contribution in [1.82, 2.24) is 20.3 Å². The lowest BCUT2D eigenvalue weighted by molar-refractivity contribution is 0.0944. The summed E-state index contributed by atoms with van der Waals surface area (Å²) in [4.78, 5) is 27.6. The quantitative estimate of drug-likeness (QED) is 0.781. The highest BCUT2D eigenvalue weighted by Gasteiger charge is 2.22. The second-order valence-corrected chi connectivity index (χ2v) is 7.21. The van der Waals surface area contributed by atoms with Gasteiger partial charge in [-0.15, -0.1) is 11.3 Å². The molecule has 1 aliphatic rings. The molecule has 128 valence electrons. The van der Waals surface area contributed by atoms with Crippen molar-refractivity contribution in [1.29, 1.82) is 0 Å². The number of carbonyl (C=O) groups excluding carboxylic acids is 1. The number of nitrogens with zero attached hydrogens (tertiary/aromatic N) is 4. The topological polar surface area (TPSA) is 71.0 Å². The van der Waals surface area contributed by atoms with Gasteiger partial charge in [0.1, 0.15) is 0 Å². The van der Waals surface area contributed by atoms with E-state index in [0.717, 1.165) is 42.1 Å². The molecule has 0 radical (unpaired) electrons. The number of thiazole rings is 1. The molecule has 25 heavy (non-hydrogen) atoms. The van der Waals surface area contributed by atoms with Crippen LogP contribution in [0.2, 0.25) is 0 Å². The van der Waals surface area contributed by atoms with Crippen molar-refractivity contribution in [3.8, 4) is 0 Å². The van der Waals surface area contributed by atoms with Gasteiger partial charge in [0.25, 0.3) is 5.91 Å². The first-order valence-electron chi connectivity index (χ1n) is 8.45. The second kappa shape index (κ2) is 7.14. The summed E-state index contributed by atoms with van der Waals surface area (Å²) >= 11 is 1.44. The van der Waals surface area contributed by atoms with Gasteiger partial charge in [-0.1, -0.05) is 12.1 Å². The number of carbonyl (C=O) groups is 1. The highest BCUT2D eigenvalue weighted by atomic mass is 32.1. The number of hydrogen-bond donors (Lipinski definition) is 1. The van der Waals surface area contributed by atoms with Crippen molar-refractivity contribution in [2.24, 2.45) is 5.92 Å². The van der Waals surface area contributed by atoms with Crippen LogP contribution in [0.4, 0.5) is 5.95 Å². The maximum Gasteiger partial charge on any atom is 0.280 e. The van der Waals surface area contributed by atoms with Gasteiger partial charge in [0.15, 0.2) is 5.01 Å². The first-order chi connectivity index (χ1) is 12.3. The molecule has 0 spiro atoms. The smallest absolute Gasteiger partial charge is 0.280 e. The number of para-hydroxylation sites is 1. The lowest BCUT2D eigenvalue weighted by atomic mass is 9.97. The Morgan fingerprint density at radius 2 is 1.92 bits per heavy atom. The Morgan fingerprint density at radius 1 is 1.16 bits per heavy atom. The largest absolute Gasteiger partial charge is 0.350 e. The molecule has 1 saturated heterocycles. The summed E-state index contributed by atoms with van der Waals surface area (Å²) in [7, 11) is 0. The molecule has 0 aliphatic carbocycles. The van der Waals surface area contributed by atoms with Crippen molar-refractivity contribution < 1.29 is 4.79 Å². The number of fused-ring (bicyclic) bond motifs is 1. The first-order valence-corrected chi connectivity index (χ1v) is 9.27. The molecule has 0 bridgehead atoms. The zero-order valence-electron chi connectivity index (χ0n) is 13.8. The Balaban J connectivity index is 1.29. The number of amides is 1. The standard InChI is InChI=1S/C18H19N5OS/c24-16(17-22-14-4-1-2-5-15(14)25-17)21-12-13-6-10-23(11-7-13)18-19-8-3-9-20-18/h1-5,8-9,13H,6-7,10-12H2,(H,21,24). The summed E-state index contributed by atoms with van der Waals surface area (Å²) in [6, 6.07) is 9.66. The molecule has 1 aromatic carbocycles. The number of nitrogens with one attached hydrogen (secondary N) is 1. The highest BCUT2D eigenvalue weighted by Crippen LogP contribution is 2.22. The van der Waals surface area contributed by atoms with Crippen molar-refractivity contribution >= 4 is 33.4 Å². The molecule has 7 heteroatoms. The van der Waals surface area contributed by atoms with E-state index in [2.05, 4.69) is 25.2 Å². The van der Waals surface area contributed by atoms with Gasteiger partial charge in [-0.05, 0) is 37.0 Å². The number of anilines is 1. The Morgan fingerprint density at radius 3 is 2.68 bits per heavy atom. The summed E-state index contributed by atoms with van der Waals surface area (Å²) in [6.07, 6.45) is 5.59. The van der Waals surface area contributed by atoms with Gasteiger partial charge in [-0.2, -0.15) is 0 Å². The number of rotatable bonds is 4. The lowest BCUT2D eigenvalue weighted by Gasteiger charge is -2.31. The first kappa shape index (κ1) is 16.0. The molecule has 0 saturated carbocycles. The minimum atomic E-state index is -0.0741. The summed E-state index contributed by atoms with van der Waals surface area (Å²) < 4.78 is 1.05. The molecule has 4 rings (SSSR count). The molecule has 0 unspecified atom stereocenters. The van der Waals surface area contributed by atoms with E-state index >= 15 is 0 Å². The highest BCUT2D eigenvalue weighted by molar-refractivity contribution is 7.20. The number of hydrogen-bond acceptors (Lipinski definition) is 6. The molecular weight excluding hydrogens is 334 g/mol. The third-order valence-corrected chi connectivity index (χ3v) is 5.52. The van der Waals surface area contributed by atoms with Crippen molar-refractivity contribution in [2.45, 2.75) is 12.8 Å². The van der Waals surface area contributed by atoms with Gasteiger partial charge in [-0.3, -0.25) is 4.79 Å². The monoisotopic (exact) mass is 353 g/mol. The van der Waals surface area contributed by atoms with Crippen LogP contribution >= 0.6 is 11.3 Å². The average molecular weight is 353 g/mol. The fourth-order valence-electron chi connectivity index (χ4n) is 3.07. The maximum absolute atomic E-state index is 12.3. The van der Waals surface area contributed by atoms with Crippen LogP contribution in [0.5, 0.6) is 0 Å². The van der Waals surface area contributed by atoms with Gasteiger partial charge in [0, 0.05) is 32.0 Å². The molecule has 1 amide bonds. The minimum absolute atomic E-state index is 0.0741. The van der Waals surface area contributed by atoms with Crippen LogP contribution < -0.4 is 10.2 Å². The molecule has 3 heterocycles. The van der Waals surface area contributed by atoms with E-state index in [9.17, 15) is 4.79 Å². The third-order valence-electron chi connectivity index (χ3n) is 4.49. The summed E-state index contributed by atoms with van der Waals surface area (Å²) in [6.45, 7) is 2.54. The van der Waals surface area contributed by atoms with Crippen LogP contribution in [0, 0.1) is 5.92 Å². The van der Waals surface area contributed by atoms with Gasteiger partial charge in [0.05, 0.1) is 10.2 Å². The van der Waals surface area contributed by atoms with E-state index in [4.69, 9.17) is 0 Å². The van der Waals surface area contributed by atoms with Crippen molar-refractivity contribution in [3.05, 3.63) is 47.7 Å². The zero-order chi connectivity index (χ0) is 17.1. The molecule has 3 aromatic rings. The third kappa shape index (κ3) is 3.61. The van der Waals surface area contributed by atoms with E-state index in [1.165, 1.54) is 11.3 Å². The SMILES string of the molecule is O=C(NCC1CCN(c2ncccn2)CC1)c1nc2ccccc2s1. The average Bonchev–Trinajstić information content (AvgIpc) is 3.11. The Bertz CT molecular complexity index is 825. The molecule has 1 aliphatic heterocycles. The lowest BCUT2D eigenvalue weighted by Crippen LogP contribution is -2.39. The van der Waals surface area contributed by atoms with E-state index in [1.54, 1.807) is 12.4 Å². The van der Waals surface area contributed by atoms with E-state index < -0.39 is 0 Å². The fourth-order valence-corrected chi connectivity index (χ4v) is 3.96. The second-order valence-electron chi connectivity index (χ2n) is 6.18.